The average molecular weight is 362 g/mol. The van der Waals surface area contributed by atoms with E-state index in [2.05, 4.69) is 9.97 Å². The standard InChI is InChI=1S/C17H16F2N4O3/c1-11(26-14-5-3-2-4-13(14)19)16(25)22-6-7-23(15(24)10-22)17-20-8-12(18)9-21-17/h2-5,8-9,11H,6-7,10H2,1H3. The van der Waals surface area contributed by atoms with Gasteiger partial charge in [-0.1, -0.05) is 12.1 Å². The first-order valence-corrected chi connectivity index (χ1v) is 7.93. The van der Waals surface area contributed by atoms with Crippen LogP contribution in [0.3, 0.4) is 0 Å². The van der Waals surface area contributed by atoms with Gasteiger partial charge in [0.05, 0.1) is 12.4 Å². The summed E-state index contributed by atoms with van der Waals surface area (Å²) in [5.74, 6) is -1.94. The Morgan fingerprint density at radius 2 is 1.88 bits per heavy atom. The quantitative estimate of drug-likeness (QED) is 0.822. The predicted molar refractivity (Wildman–Crippen MR) is 87.4 cm³/mol. The second-order valence-corrected chi connectivity index (χ2v) is 5.70. The van der Waals surface area contributed by atoms with Gasteiger partial charge in [0.1, 0.15) is 6.54 Å². The molecule has 9 heteroatoms. The zero-order chi connectivity index (χ0) is 18.7. The van der Waals surface area contributed by atoms with Crippen LogP contribution < -0.4 is 9.64 Å². The molecular formula is C17H16F2N4O3. The molecule has 1 fully saturated rings. The van der Waals surface area contributed by atoms with E-state index >= 15 is 0 Å². The number of piperazine rings is 1. The first-order valence-electron chi connectivity index (χ1n) is 7.93. The molecule has 0 radical (unpaired) electrons. The minimum absolute atomic E-state index is 0.0296. The molecule has 0 N–H and O–H groups in total. The topological polar surface area (TPSA) is 75.6 Å². The van der Waals surface area contributed by atoms with Crippen molar-refractivity contribution >= 4 is 17.8 Å². The molecule has 1 aromatic carbocycles. The Balaban J connectivity index is 1.62. The minimum atomic E-state index is -0.951. The van der Waals surface area contributed by atoms with Crippen LogP contribution in [-0.4, -0.2) is 52.4 Å². The van der Waals surface area contributed by atoms with Crippen molar-refractivity contribution < 1.29 is 23.1 Å². The van der Waals surface area contributed by atoms with E-state index in [0.717, 1.165) is 12.4 Å². The lowest BCUT2D eigenvalue weighted by atomic mass is 10.2. The normalized spacial score (nSPS) is 15.7. The molecule has 0 aliphatic carbocycles. The first kappa shape index (κ1) is 17.7. The first-order chi connectivity index (χ1) is 12.5. The SMILES string of the molecule is CC(Oc1ccccc1F)C(=O)N1CCN(c2ncc(F)cn2)C(=O)C1. The van der Waals surface area contributed by atoms with Gasteiger partial charge in [-0.05, 0) is 19.1 Å². The van der Waals surface area contributed by atoms with Gasteiger partial charge in [-0.25, -0.2) is 18.7 Å². The fraction of sp³-hybridized carbons (Fsp3) is 0.294. The minimum Gasteiger partial charge on any atom is -0.478 e. The third kappa shape index (κ3) is 3.76. The lowest BCUT2D eigenvalue weighted by Crippen LogP contribution is -2.55. The number of anilines is 1. The van der Waals surface area contributed by atoms with Crippen molar-refractivity contribution in [3.63, 3.8) is 0 Å². The van der Waals surface area contributed by atoms with E-state index in [1.165, 1.54) is 34.9 Å². The molecular weight excluding hydrogens is 346 g/mol. The third-order valence-corrected chi connectivity index (χ3v) is 3.87. The number of rotatable bonds is 4. The van der Waals surface area contributed by atoms with Gasteiger partial charge in [0.2, 0.25) is 11.9 Å². The van der Waals surface area contributed by atoms with Crippen molar-refractivity contribution in [3.05, 3.63) is 48.3 Å². The maximum atomic E-state index is 13.6. The summed E-state index contributed by atoms with van der Waals surface area (Å²) < 4.78 is 31.9. The summed E-state index contributed by atoms with van der Waals surface area (Å²) in [7, 11) is 0. The average Bonchev–Trinajstić information content (AvgIpc) is 2.64. The largest absolute Gasteiger partial charge is 0.478 e. The van der Waals surface area contributed by atoms with Gasteiger partial charge in [0.15, 0.2) is 23.5 Å². The molecule has 1 aromatic heterocycles. The lowest BCUT2D eigenvalue weighted by molar-refractivity contribution is -0.142. The highest BCUT2D eigenvalue weighted by Gasteiger charge is 2.32. The summed E-state index contributed by atoms with van der Waals surface area (Å²) in [5.41, 5.74) is 0. The fourth-order valence-corrected chi connectivity index (χ4v) is 2.56. The Morgan fingerprint density at radius 3 is 2.54 bits per heavy atom. The number of nitrogens with zero attached hydrogens (tertiary/aromatic N) is 4. The van der Waals surface area contributed by atoms with E-state index in [0.29, 0.717) is 0 Å². The molecule has 2 aromatic rings. The summed E-state index contributed by atoms with van der Waals surface area (Å²) >= 11 is 0. The summed E-state index contributed by atoms with van der Waals surface area (Å²) in [4.78, 5) is 34.9. The highest BCUT2D eigenvalue weighted by Crippen LogP contribution is 2.19. The van der Waals surface area contributed by atoms with Gasteiger partial charge < -0.3 is 9.64 Å². The van der Waals surface area contributed by atoms with Gasteiger partial charge >= 0.3 is 0 Å². The Kier molecular flexibility index (Phi) is 5.06. The van der Waals surface area contributed by atoms with Crippen molar-refractivity contribution in [2.24, 2.45) is 0 Å². The zero-order valence-corrected chi connectivity index (χ0v) is 13.9. The molecule has 3 rings (SSSR count). The molecule has 1 unspecified atom stereocenters. The van der Waals surface area contributed by atoms with Crippen LogP contribution in [0, 0.1) is 11.6 Å². The third-order valence-electron chi connectivity index (χ3n) is 3.87. The smallest absolute Gasteiger partial charge is 0.263 e. The number of para-hydroxylation sites is 1. The van der Waals surface area contributed by atoms with Gasteiger partial charge in [0, 0.05) is 13.1 Å². The summed E-state index contributed by atoms with van der Waals surface area (Å²) in [6.45, 7) is 1.71. The summed E-state index contributed by atoms with van der Waals surface area (Å²) in [6.07, 6.45) is 0.989. The van der Waals surface area contributed by atoms with Gasteiger partial charge in [-0.2, -0.15) is 0 Å². The van der Waals surface area contributed by atoms with E-state index in [1.807, 2.05) is 0 Å². The number of hydrogen-bond acceptors (Lipinski definition) is 5. The van der Waals surface area contributed by atoms with Crippen LogP contribution in [0.5, 0.6) is 5.75 Å². The van der Waals surface area contributed by atoms with E-state index < -0.39 is 29.6 Å². The fourth-order valence-electron chi connectivity index (χ4n) is 2.56. The maximum absolute atomic E-state index is 13.6. The van der Waals surface area contributed by atoms with Crippen molar-refractivity contribution in [1.82, 2.24) is 14.9 Å². The van der Waals surface area contributed by atoms with Crippen LogP contribution in [-0.2, 0) is 9.59 Å². The van der Waals surface area contributed by atoms with Crippen molar-refractivity contribution in [3.8, 4) is 5.75 Å². The molecule has 7 nitrogen and oxygen atoms in total. The number of benzene rings is 1. The van der Waals surface area contributed by atoms with Crippen LogP contribution in [0.1, 0.15) is 6.92 Å². The van der Waals surface area contributed by atoms with Crippen molar-refractivity contribution in [2.45, 2.75) is 13.0 Å². The van der Waals surface area contributed by atoms with Crippen LogP contribution in [0.25, 0.3) is 0 Å². The zero-order valence-electron chi connectivity index (χ0n) is 13.9. The Hall–Kier alpha value is -3.10. The van der Waals surface area contributed by atoms with E-state index in [4.69, 9.17) is 4.74 Å². The Morgan fingerprint density at radius 1 is 1.19 bits per heavy atom. The molecule has 1 atom stereocenters. The highest BCUT2D eigenvalue weighted by molar-refractivity contribution is 5.97. The van der Waals surface area contributed by atoms with E-state index in [1.54, 1.807) is 6.07 Å². The molecule has 1 aliphatic rings. The number of carbonyl (C=O) groups excluding carboxylic acids is 2. The summed E-state index contributed by atoms with van der Waals surface area (Å²) in [5, 5.41) is 0. The van der Waals surface area contributed by atoms with E-state index in [-0.39, 0.29) is 31.3 Å². The molecule has 2 heterocycles. The molecule has 0 saturated carbocycles. The number of ether oxygens (including phenoxy) is 1. The Labute approximate surface area is 148 Å². The highest BCUT2D eigenvalue weighted by atomic mass is 19.1. The molecule has 26 heavy (non-hydrogen) atoms. The Bertz CT molecular complexity index is 816. The van der Waals surface area contributed by atoms with Gasteiger partial charge in [-0.3, -0.25) is 14.5 Å². The predicted octanol–water partition coefficient (Wildman–Crippen LogP) is 1.40. The number of carbonyl (C=O) groups is 2. The second-order valence-electron chi connectivity index (χ2n) is 5.70. The van der Waals surface area contributed by atoms with E-state index in [9.17, 15) is 18.4 Å². The summed E-state index contributed by atoms with van der Waals surface area (Å²) in [6, 6.07) is 5.77. The van der Waals surface area contributed by atoms with Crippen LogP contribution in [0.15, 0.2) is 36.7 Å². The molecule has 1 aliphatic heterocycles. The molecule has 1 saturated heterocycles. The molecule has 136 valence electrons. The number of amides is 2. The molecule has 0 bridgehead atoms. The van der Waals surface area contributed by atoms with Crippen LogP contribution >= 0.6 is 0 Å². The van der Waals surface area contributed by atoms with Crippen LogP contribution in [0.4, 0.5) is 14.7 Å². The van der Waals surface area contributed by atoms with Gasteiger partial charge in [0.25, 0.3) is 5.91 Å². The van der Waals surface area contributed by atoms with Gasteiger partial charge in [-0.15, -0.1) is 0 Å². The van der Waals surface area contributed by atoms with Crippen molar-refractivity contribution in [2.75, 3.05) is 24.5 Å². The van der Waals surface area contributed by atoms with Crippen molar-refractivity contribution in [1.29, 1.82) is 0 Å². The molecule has 0 spiro atoms. The number of aromatic nitrogens is 2. The second kappa shape index (κ2) is 7.42. The number of halogens is 2. The van der Waals surface area contributed by atoms with Crippen LogP contribution in [0.2, 0.25) is 0 Å². The monoisotopic (exact) mass is 362 g/mol. The number of hydrogen-bond donors (Lipinski definition) is 0. The molecule has 2 amide bonds. The lowest BCUT2D eigenvalue weighted by Gasteiger charge is -2.34. The maximum Gasteiger partial charge on any atom is 0.263 e.